The Kier molecular flexibility index (Phi) is 1.91. The molecule has 0 bridgehead atoms. The van der Waals surface area contributed by atoms with Gasteiger partial charge in [0, 0.05) is 13.2 Å². The zero-order valence-corrected chi connectivity index (χ0v) is 6.31. The van der Waals surface area contributed by atoms with E-state index in [4.69, 9.17) is 4.74 Å². The third-order valence-corrected chi connectivity index (χ3v) is 2.73. The molecule has 0 unspecified atom stereocenters. The minimum absolute atomic E-state index is 0.822. The highest BCUT2D eigenvalue weighted by molar-refractivity contribution is 4.80. The van der Waals surface area contributed by atoms with Crippen LogP contribution < -0.4 is 5.32 Å². The van der Waals surface area contributed by atoms with Gasteiger partial charge < -0.3 is 10.1 Å². The first-order valence-electron chi connectivity index (χ1n) is 4.25. The smallest absolute Gasteiger partial charge is 0.0509 e. The molecule has 2 atom stereocenters. The van der Waals surface area contributed by atoms with Gasteiger partial charge in [-0.25, -0.2) is 0 Å². The molecule has 2 nitrogen and oxygen atoms in total. The molecule has 2 heteroatoms. The van der Waals surface area contributed by atoms with Crippen LogP contribution in [-0.2, 0) is 4.74 Å². The van der Waals surface area contributed by atoms with Gasteiger partial charge in [0.25, 0.3) is 0 Å². The van der Waals surface area contributed by atoms with Gasteiger partial charge in [-0.15, -0.1) is 0 Å². The minimum Gasteiger partial charge on any atom is -0.381 e. The molecule has 10 heavy (non-hydrogen) atoms. The summed E-state index contributed by atoms with van der Waals surface area (Å²) >= 11 is 0. The summed E-state index contributed by atoms with van der Waals surface area (Å²) in [6, 6.07) is 0. The highest BCUT2D eigenvalue weighted by Crippen LogP contribution is 2.26. The lowest BCUT2D eigenvalue weighted by atomic mass is 9.83. The van der Waals surface area contributed by atoms with Gasteiger partial charge in [-0.05, 0) is 31.2 Å². The summed E-state index contributed by atoms with van der Waals surface area (Å²) in [6.07, 6.45) is 2.67. The predicted octanol–water partition coefficient (Wildman–Crippen LogP) is 0.632. The van der Waals surface area contributed by atoms with E-state index in [1.165, 1.54) is 25.9 Å². The van der Waals surface area contributed by atoms with Crippen molar-refractivity contribution in [2.45, 2.75) is 12.8 Å². The molecule has 1 N–H and O–H groups in total. The fourth-order valence-corrected chi connectivity index (χ4v) is 2.02. The zero-order chi connectivity index (χ0) is 6.81. The summed E-state index contributed by atoms with van der Waals surface area (Å²) in [6.45, 7) is 4.41. The molecule has 0 aromatic heterocycles. The Balaban J connectivity index is 1.93. The van der Waals surface area contributed by atoms with Crippen LogP contribution in [0.3, 0.4) is 0 Å². The van der Waals surface area contributed by atoms with E-state index in [0.717, 1.165) is 25.0 Å². The van der Waals surface area contributed by atoms with Crippen molar-refractivity contribution in [1.82, 2.24) is 5.32 Å². The quantitative estimate of drug-likeness (QED) is 0.534. The summed E-state index contributed by atoms with van der Waals surface area (Å²) < 4.78 is 5.40. The van der Waals surface area contributed by atoms with Crippen LogP contribution in [0, 0.1) is 11.8 Å². The molecule has 0 aromatic rings. The fraction of sp³-hybridized carbons (Fsp3) is 1.00. The normalized spacial score (nSPS) is 40.8. The average Bonchev–Trinajstić information content (AvgIpc) is 2.05. The van der Waals surface area contributed by atoms with E-state index in [1.54, 1.807) is 0 Å². The third-order valence-electron chi connectivity index (χ3n) is 2.73. The Morgan fingerprint density at radius 1 is 1.20 bits per heavy atom. The van der Waals surface area contributed by atoms with Gasteiger partial charge in [0.2, 0.25) is 0 Å². The SMILES string of the molecule is C1C[C@H]2CCOC[C@H]2CN1. The summed E-state index contributed by atoms with van der Waals surface area (Å²) in [7, 11) is 0. The first kappa shape index (κ1) is 6.62. The topological polar surface area (TPSA) is 21.3 Å². The lowest BCUT2D eigenvalue weighted by Gasteiger charge is -2.35. The van der Waals surface area contributed by atoms with E-state index in [2.05, 4.69) is 5.32 Å². The van der Waals surface area contributed by atoms with E-state index in [1.807, 2.05) is 0 Å². The Bertz CT molecular complexity index is 89.8. The molecule has 2 rings (SSSR count). The lowest BCUT2D eigenvalue weighted by Crippen LogP contribution is -2.41. The second-order valence-corrected chi connectivity index (χ2v) is 3.38. The Labute approximate surface area is 61.9 Å². The van der Waals surface area contributed by atoms with Crippen LogP contribution in [0.1, 0.15) is 12.8 Å². The lowest BCUT2D eigenvalue weighted by molar-refractivity contribution is 0.00490. The number of piperidine rings is 1. The van der Waals surface area contributed by atoms with Crippen molar-refractivity contribution in [3.8, 4) is 0 Å². The maximum Gasteiger partial charge on any atom is 0.0509 e. The van der Waals surface area contributed by atoms with Gasteiger partial charge in [0.05, 0.1) is 6.61 Å². The number of fused-ring (bicyclic) bond motifs is 1. The first-order valence-corrected chi connectivity index (χ1v) is 4.25. The maximum absolute atomic E-state index is 5.40. The standard InChI is InChI=1S/C8H15NO/c1-3-9-5-8-6-10-4-2-7(1)8/h7-9H,1-6H2/t7-,8+/m0/s1. The second-order valence-electron chi connectivity index (χ2n) is 3.38. The van der Waals surface area contributed by atoms with Crippen LogP contribution >= 0.6 is 0 Å². The third kappa shape index (κ3) is 1.18. The summed E-state index contributed by atoms with van der Waals surface area (Å²) in [4.78, 5) is 0. The average molecular weight is 141 g/mol. The molecule has 0 amide bonds. The predicted molar refractivity (Wildman–Crippen MR) is 39.9 cm³/mol. The van der Waals surface area contributed by atoms with Gasteiger partial charge in [0.15, 0.2) is 0 Å². The van der Waals surface area contributed by atoms with E-state index in [-0.39, 0.29) is 0 Å². The van der Waals surface area contributed by atoms with E-state index < -0.39 is 0 Å². The molecule has 2 fully saturated rings. The molecule has 58 valence electrons. The van der Waals surface area contributed by atoms with Crippen LogP contribution in [-0.4, -0.2) is 26.3 Å². The summed E-state index contributed by atoms with van der Waals surface area (Å²) in [5.74, 6) is 1.79. The maximum atomic E-state index is 5.40. The van der Waals surface area contributed by atoms with Crippen LogP contribution in [0.4, 0.5) is 0 Å². The van der Waals surface area contributed by atoms with Crippen molar-refractivity contribution in [3.05, 3.63) is 0 Å². The Morgan fingerprint density at radius 3 is 3.10 bits per heavy atom. The van der Waals surface area contributed by atoms with Gasteiger partial charge in [0.1, 0.15) is 0 Å². The highest BCUT2D eigenvalue weighted by atomic mass is 16.5. The minimum atomic E-state index is 0.822. The highest BCUT2D eigenvalue weighted by Gasteiger charge is 2.27. The molecule has 2 heterocycles. The fourth-order valence-electron chi connectivity index (χ4n) is 2.02. The van der Waals surface area contributed by atoms with Gasteiger partial charge in [-0.3, -0.25) is 0 Å². The molecule has 0 spiro atoms. The monoisotopic (exact) mass is 141 g/mol. The van der Waals surface area contributed by atoms with Crippen molar-refractivity contribution >= 4 is 0 Å². The van der Waals surface area contributed by atoms with Crippen LogP contribution in [0.15, 0.2) is 0 Å². The molecule has 0 aromatic carbocycles. The Hall–Kier alpha value is -0.0800. The number of ether oxygens (including phenoxy) is 1. The number of nitrogens with one attached hydrogen (secondary N) is 1. The van der Waals surface area contributed by atoms with Gasteiger partial charge >= 0.3 is 0 Å². The largest absolute Gasteiger partial charge is 0.381 e. The van der Waals surface area contributed by atoms with Gasteiger partial charge in [-0.1, -0.05) is 0 Å². The van der Waals surface area contributed by atoms with Gasteiger partial charge in [-0.2, -0.15) is 0 Å². The van der Waals surface area contributed by atoms with Crippen LogP contribution in [0.5, 0.6) is 0 Å². The van der Waals surface area contributed by atoms with Crippen LogP contribution in [0.25, 0.3) is 0 Å². The van der Waals surface area contributed by atoms with E-state index in [0.29, 0.717) is 0 Å². The number of hydrogen-bond acceptors (Lipinski definition) is 2. The van der Waals surface area contributed by atoms with Crippen LogP contribution in [0.2, 0.25) is 0 Å². The summed E-state index contributed by atoms with van der Waals surface area (Å²) in [5, 5.41) is 3.40. The van der Waals surface area contributed by atoms with Crippen molar-refractivity contribution in [2.75, 3.05) is 26.3 Å². The number of rotatable bonds is 0. The van der Waals surface area contributed by atoms with E-state index >= 15 is 0 Å². The van der Waals surface area contributed by atoms with Crippen molar-refractivity contribution in [1.29, 1.82) is 0 Å². The molecule has 0 aliphatic carbocycles. The number of hydrogen-bond donors (Lipinski definition) is 1. The molecule has 2 aliphatic rings. The molecule has 2 aliphatic heterocycles. The molecule has 0 saturated carbocycles. The van der Waals surface area contributed by atoms with E-state index in [9.17, 15) is 0 Å². The van der Waals surface area contributed by atoms with Crippen molar-refractivity contribution < 1.29 is 4.74 Å². The first-order chi connectivity index (χ1) is 4.97. The molecular formula is C8H15NO. The van der Waals surface area contributed by atoms with Crippen molar-refractivity contribution in [2.24, 2.45) is 11.8 Å². The van der Waals surface area contributed by atoms with Crippen molar-refractivity contribution in [3.63, 3.8) is 0 Å². The summed E-state index contributed by atoms with van der Waals surface area (Å²) in [5.41, 5.74) is 0. The molecule has 0 radical (unpaired) electrons. The second kappa shape index (κ2) is 2.89. The Morgan fingerprint density at radius 2 is 2.20 bits per heavy atom. The zero-order valence-electron chi connectivity index (χ0n) is 6.31. The molecular weight excluding hydrogens is 126 g/mol. The molecule has 2 saturated heterocycles.